The zero-order valence-electron chi connectivity index (χ0n) is 10.2. The molecule has 98 valence electrons. The zero-order chi connectivity index (χ0) is 13.7. The van der Waals surface area contributed by atoms with Crippen molar-refractivity contribution in [3.8, 4) is 5.69 Å². The highest BCUT2D eigenvalue weighted by Crippen LogP contribution is 2.05. The number of methoxy groups -OCH3 is 1. The number of esters is 1. The van der Waals surface area contributed by atoms with Gasteiger partial charge in [-0.25, -0.2) is 4.68 Å². The fraction of sp³-hybridized carbons (Fsp3) is 0.167. The summed E-state index contributed by atoms with van der Waals surface area (Å²) in [5.74, 6) is -1.00. The lowest BCUT2D eigenvalue weighted by Crippen LogP contribution is -2.30. The topological polar surface area (TPSA) is 86.1 Å². The molecule has 2 aromatic rings. The molecule has 0 saturated heterocycles. The van der Waals surface area contributed by atoms with Crippen molar-refractivity contribution in [2.75, 3.05) is 13.7 Å². The van der Waals surface area contributed by atoms with Crippen LogP contribution in [-0.4, -0.2) is 40.5 Å². The van der Waals surface area contributed by atoms with E-state index < -0.39 is 11.9 Å². The minimum absolute atomic E-state index is 0.132. The predicted molar refractivity (Wildman–Crippen MR) is 65.7 cm³/mol. The molecule has 7 nitrogen and oxygen atoms in total. The number of nitrogens with zero attached hydrogens (tertiary/aromatic N) is 3. The number of nitrogens with one attached hydrogen (secondary N) is 1. The number of ether oxygens (including phenoxy) is 1. The molecule has 0 bridgehead atoms. The molecule has 0 spiro atoms. The summed E-state index contributed by atoms with van der Waals surface area (Å²) >= 11 is 0. The van der Waals surface area contributed by atoms with E-state index in [9.17, 15) is 9.59 Å². The van der Waals surface area contributed by atoms with Crippen LogP contribution in [0.2, 0.25) is 0 Å². The van der Waals surface area contributed by atoms with E-state index in [1.165, 1.54) is 18.0 Å². The molecule has 0 aliphatic rings. The lowest BCUT2D eigenvalue weighted by atomic mass is 10.3. The summed E-state index contributed by atoms with van der Waals surface area (Å²) < 4.78 is 5.90. The maximum atomic E-state index is 11.7. The molecular formula is C12H12N4O3. The van der Waals surface area contributed by atoms with Gasteiger partial charge in [-0.1, -0.05) is 23.4 Å². The molecule has 0 unspecified atom stereocenters. The van der Waals surface area contributed by atoms with Crippen LogP contribution in [0.5, 0.6) is 0 Å². The summed E-state index contributed by atoms with van der Waals surface area (Å²) in [4.78, 5) is 22.6. The quantitative estimate of drug-likeness (QED) is 0.792. The van der Waals surface area contributed by atoms with Gasteiger partial charge in [0.25, 0.3) is 5.91 Å². The van der Waals surface area contributed by atoms with Crippen LogP contribution in [0, 0.1) is 0 Å². The van der Waals surface area contributed by atoms with E-state index in [2.05, 4.69) is 20.4 Å². The summed E-state index contributed by atoms with van der Waals surface area (Å²) in [5.41, 5.74) is 0.926. The van der Waals surface area contributed by atoms with Gasteiger partial charge >= 0.3 is 5.97 Å². The Kier molecular flexibility index (Phi) is 3.87. The molecule has 0 fully saturated rings. The van der Waals surface area contributed by atoms with Gasteiger partial charge < -0.3 is 10.1 Å². The Balaban J connectivity index is 2.05. The van der Waals surface area contributed by atoms with Crippen molar-refractivity contribution in [3.63, 3.8) is 0 Å². The Morgan fingerprint density at radius 3 is 2.74 bits per heavy atom. The highest BCUT2D eigenvalue weighted by atomic mass is 16.5. The molecule has 0 atom stereocenters. The van der Waals surface area contributed by atoms with Crippen molar-refractivity contribution in [2.45, 2.75) is 0 Å². The number of hydrogen-bond donors (Lipinski definition) is 1. The maximum Gasteiger partial charge on any atom is 0.325 e. The third-order valence-electron chi connectivity index (χ3n) is 2.37. The Morgan fingerprint density at radius 2 is 2.05 bits per heavy atom. The molecule has 0 aliphatic heterocycles. The first kappa shape index (κ1) is 12.7. The van der Waals surface area contributed by atoms with E-state index in [1.807, 2.05) is 30.3 Å². The number of amides is 1. The Morgan fingerprint density at radius 1 is 1.32 bits per heavy atom. The van der Waals surface area contributed by atoms with Gasteiger partial charge in [-0.2, -0.15) is 0 Å². The van der Waals surface area contributed by atoms with Crippen LogP contribution in [0.25, 0.3) is 5.69 Å². The molecule has 1 heterocycles. The number of aromatic nitrogens is 3. The minimum atomic E-state index is -0.524. The summed E-state index contributed by atoms with van der Waals surface area (Å²) in [6.07, 6.45) is 1.49. The van der Waals surface area contributed by atoms with Gasteiger partial charge in [0.05, 0.1) is 19.0 Å². The van der Waals surface area contributed by atoms with Crippen LogP contribution in [0.3, 0.4) is 0 Å². The first-order valence-corrected chi connectivity index (χ1v) is 5.53. The Bertz CT molecular complexity index is 580. The third kappa shape index (κ3) is 3.15. The van der Waals surface area contributed by atoms with Crippen molar-refractivity contribution in [1.29, 1.82) is 0 Å². The molecule has 0 radical (unpaired) electrons. The largest absolute Gasteiger partial charge is 0.468 e. The Labute approximate surface area is 109 Å². The molecule has 19 heavy (non-hydrogen) atoms. The van der Waals surface area contributed by atoms with Crippen LogP contribution < -0.4 is 5.32 Å². The second kappa shape index (κ2) is 5.76. The second-order valence-corrected chi connectivity index (χ2v) is 3.64. The molecule has 1 aromatic heterocycles. The Hall–Kier alpha value is -2.70. The molecule has 1 amide bonds. The lowest BCUT2D eigenvalue weighted by Gasteiger charge is -2.00. The van der Waals surface area contributed by atoms with Gasteiger partial charge in [0.1, 0.15) is 6.54 Å². The van der Waals surface area contributed by atoms with Crippen molar-refractivity contribution < 1.29 is 14.3 Å². The van der Waals surface area contributed by atoms with Crippen LogP contribution in [0.4, 0.5) is 0 Å². The molecule has 1 N–H and O–H groups in total. The average molecular weight is 260 g/mol. The smallest absolute Gasteiger partial charge is 0.325 e. The van der Waals surface area contributed by atoms with E-state index in [0.29, 0.717) is 0 Å². The number of carbonyl (C=O) groups excluding carboxylic acids is 2. The summed E-state index contributed by atoms with van der Waals surface area (Å²) in [7, 11) is 1.25. The van der Waals surface area contributed by atoms with Gasteiger partial charge in [-0.3, -0.25) is 9.59 Å². The summed E-state index contributed by atoms with van der Waals surface area (Å²) in [5, 5.41) is 9.97. The first-order valence-electron chi connectivity index (χ1n) is 5.53. The van der Waals surface area contributed by atoms with Crippen molar-refractivity contribution in [1.82, 2.24) is 20.3 Å². The van der Waals surface area contributed by atoms with E-state index in [0.717, 1.165) is 5.69 Å². The maximum absolute atomic E-state index is 11.7. The highest BCUT2D eigenvalue weighted by molar-refractivity contribution is 5.93. The average Bonchev–Trinajstić information content (AvgIpc) is 2.95. The third-order valence-corrected chi connectivity index (χ3v) is 2.37. The number of carbonyl (C=O) groups is 2. The van der Waals surface area contributed by atoms with E-state index >= 15 is 0 Å². The van der Waals surface area contributed by atoms with Gasteiger partial charge in [0, 0.05) is 0 Å². The molecule has 7 heteroatoms. The SMILES string of the molecule is COC(=O)CNC(=O)c1cn(-c2ccccc2)nn1. The standard InChI is InChI=1S/C12H12N4O3/c1-19-11(17)7-13-12(18)10-8-16(15-14-10)9-5-3-2-4-6-9/h2-6,8H,7H2,1H3,(H,13,18). The summed E-state index contributed by atoms with van der Waals surface area (Å²) in [6.45, 7) is -0.201. The minimum Gasteiger partial charge on any atom is -0.468 e. The van der Waals surface area contributed by atoms with Crippen LogP contribution in [-0.2, 0) is 9.53 Å². The number of para-hydroxylation sites is 1. The van der Waals surface area contributed by atoms with E-state index in [4.69, 9.17) is 0 Å². The van der Waals surface area contributed by atoms with Gasteiger partial charge in [-0.15, -0.1) is 5.10 Å². The number of hydrogen-bond acceptors (Lipinski definition) is 5. The molecule has 0 saturated carbocycles. The predicted octanol–water partition coefficient (Wildman–Crippen LogP) is 0.170. The van der Waals surface area contributed by atoms with Gasteiger partial charge in [0.2, 0.25) is 0 Å². The number of rotatable bonds is 4. The molecule has 1 aromatic carbocycles. The second-order valence-electron chi connectivity index (χ2n) is 3.64. The highest BCUT2D eigenvalue weighted by Gasteiger charge is 2.12. The monoisotopic (exact) mass is 260 g/mol. The normalized spacial score (nSPS) is 9.95. The molecule has 2 rings (SSSR count). The van der Waals surface area contributed by atoms with Crippen molar-refractivity contribution >= 4 is 11.9 Å². The number of benzene rings is 1. The first-order chi connectivity index (χ1) is 9.20. The van der Waals surface area contributed by atoms with Crippen molar-refractivity contribution in [3.05, 3.63) is 42.2 Å². The molecule has 0 aliphatic carbocycles. The van der Waals surface area contributed by atoms with Crippen LogP contribution in [0.15, 0.2) is 36.5 Å². The van der Waals surface area contributed by atoms with E-state index in [-0.39, 0.29) is 12.2 Å². The fourth-order valence-electron chi connectivity index (χ4n) is 1.39. The van der Waals surface area contributed by atoms with Crippen LogP contribution >= 0.6 is 0 Å². The van der Waals surface area contributed by atoms with E-state index in [1.54, 1.807) is 0 Å². The molecular weight excluding hydrogens is 248 g/mol. The zero-order valence-corrected chi connectivity index (χ0v) is 10.2. The van der Waals surface area contributed by atoms with Gasteiger partial charge in [0.15, 0.2) is 5.69 Å². The van der Waals surface area contributed by atoms with Crippen LogP contribution in [0.1, 0.15) is 10.5 Å². The van der Waals surface area contributed by atoms with Gasteiger partial charge in [-0.05, 0) is 12.1 Å². The lowest BCUT2D eigenvalue weighted by molar-refractivity contribution is -0.139. The fourth-order valence-corrected chi connectivity index (χ4v) is 1.39. The van der Waals surface area contributed by atoms with Crippen molar-refractivity contribution in [2.24, 2.45) is 0 Å². The summed E-state index contributed by atoms with van der Waals surface area (Å²) in [6, 6.07) is 9.27.